The van der Waals surface area contributed by atoms with E-state index in [2.05, 4.69) is 105 Å². The maximum absolute atomic E-state index is 4.65. The van der Waals surface area contributed by atoms with Crippen molar-refractivity contribution in [3.8, 4) is 22.4 Å². The summed E-state index contributed by atoms with van der Waals surface area (Å²) in [5.41, 5.74) is 4.23. The Morgan fingerprint density at radius 2 is 1.53 bits per heavy atom. The Kier molecular flexibility index (Phi) is 6.10. The first-order valence-electron chi connectivity index (χ1n) is 11.3. The maximum atomic E-state index is 4.65. The second-order valence-corrected chi connectivity index (χ2v) is 8.46. The first-order chi connectivity index (χ1) is 15.8. The average Bonchev–Trinajstić information content (AvgIpc) is 2.85. The molecule has 1 saturated heterocycles. The van der Waals surface area contributed by atoms with Crippen LogP contribution in [-0.4, -0.2) is 66.3 Å². The predicted molar refractivity (Wildman–Crippen MR) is 133 cm³/mol. The summed E-state index contributed by atoms with van der Waals surface area (Å²) in [6.45, 7) is 6.37. The van der Waals surface area contributed by atoms with Crippen molar-refractivity contribution in [3.63, 3.8) is 0 Å². The fourth-order valence-electron chi connectivity index (χ4n) is 4.34. The number of aromatic nitrogens is 2. The van der Waals surface area contributed by atoms with Crippen LogP contribution in [0.3, 0.4) is 0 Å². The van der Waals surface area contributed by atoms with E-state index in [4.69, 9.17) is 0 Å². The van der Waals surface area contributed by atoms with E-state index in [-0.39, 0.29) is 0 Å². The molecule has 0 spiro atoms. The summed E-state index contributed by atoms with van der Waals surface area (Å²) in [4.78, 5) is 4.89. The summed E-state index contributed by atoms with van der Waals surface area (Å²) in [5.74, 6) is 0.842. The van der Waals surface area contributed by atoms with Gasteiger partial charge in [-0.2, -0.15) is 0 Å². The third-order valence-corrected chi connectivity index (χ3v) is 6.26. The molecule has 1 aliphatic rings. The molecular formula is C27H29N5. The van der Waals surface area contributed by atoms with Crippen LogP contribution in [-0.2, 0) is 0 Å². The number of likely N-dealkylation sites (N-methyl/N-ethyl adjacent to an activating group) is 1. The molecule has 1 N–H and O–H groups in total. The van der Waals surface area contributed by atoms with E-state index in [0.29, 0.717) is 0 Å². The number of rotatable bonds is 6. The van der Waals surface area contributed by atoms with Gasteiger partial charge >= 0.3 is 0 Å². The molecule has 0 aliphatic carbocycles. The standard InChI is InChI=1S/C27H29N5/c1-31-16-18-32(19-17-31)15-14-28-27-25(22-8-3-2-4-9-22)20-26(29-30-27)24-13-7-11-21-10-5-6-12-23(21)24/h2-13,20H,14-19H2,1H3,(H,28,30). The van der Waals surface area contributed by atoms with Crippen molar-refractivity contribution in [2.45, 2.75) is 0 Å². The minimum Gasteiger partial charge on any atom is -0.367 e. The van der Waals surface area contributed by atoms with E-state index in [1.54, 1.807) is 0 Å². The lowest BCUT2D eigenvalue weighted by Crippen LogP contribution is -2.45. The molecule has 0 saturated carbocycles. The van der Waals surface area contributed by atoms with Gasteiger partial charge in [0, 0.05) is 50.4 Å². The largest absolute Gasteiger partial charge is 0.367 e. The van der Waals surface area contributed by atoms with Crippen LogP contribution in [0.2, 0.25) is 0 Å². The fraction of sp³-hybridized carbons (Fsp3) is 0.259. The molecule has 2 heterocycles. The molecule has 0 bridgehead atoms. The van der Waals surface area contributed by atoms with Gasteiger partial charge in [-0.05, 0) is 29.4 Å². The normalized spacial score (nSPS) is 15.2. The van der Waals surface area contributed by atoms with Gasteiger partial charge in [-0.25, -0.2) is 0 Å². The van der Waals surface area contributed by atoms with Gasteiger partial charge in [-0.15, -0.1) is 10.2 Å². The lowest BCUT2D eigenvalue weighted by atomic mass is 9.99. The number of nitrogens with one attached hydrogen (secondary N) is 1. The second-order valence-electron chi connectivity index (χ2n) is 8.46. The molecule has 1 aliphatic heterocycles. The zero-order valence-electron chi connectivity index (χ0n) is 18.5. The van der Waals surface area contributed by atoms with Crippen LogP contribution in [0, 0.1) is 0 Å². The molecule has 1 aromatic heterocycles. The lowest BCUT2D eigenvalue weighted by Gasteiger charge is -2.32. The fourth-order valence-corrected chi connectivity index (χ4v) is 4.34. The highest BCUT2D eigenvalue weighted by atomic mass is 15.3. The molecule has 32 heavy (non-hydrogen) atoms. The smallest absolute Gasteiger partial charge is 0.156 e. The zero-order valence-corrected chi connectivity index (χ0v) is 18.5. The summed E-state index contributed by atoms with van der Waals surface area (Å²) in [6.07, 6.45) is 0. The van der Waals surface area contributed by atoms with Gasteiger partial charge in [0.2, 0.25) is 0 Å². The second kappa shape index (κ2) is 9.47. The monoisotopic (exact) mass is 423 g/mol. The Morgan fingerprint density at radius 1 is 0.781 bits per heavy atom. The first-order valence-corrected chi connectivity index (χ1v) is 11.3. The van der Waals surface area contributed by atoms with Crippen LogP contribution in [0.15, 0.2) is 78.9 Å². The van der Waals surface area contributed by atoms with Gasteiger partial charge in [0.05, 0.1) is 5.69 Å². The van der Waals surface area contributed by atoms with Crippen molar-refractivity contribution in [1.29, 1.82) is 0 Å². The summed E-state index contributed by atoms with van der Waals surface area (Å²) in [5, 5.41) is 15.2. The van der Waals surface area contributed by atoms with Crippen LogP contribution >= 0.6 is 0 Å². The van der Waals surface area contributed by atoms with Gasteiger partial charge in [0.1, 0.15) is 0 Å². The number of piperazine rings is 1. The van der Waals surface area contributed by atoms with Crippen LogP contribution in [0.1, 0.15) is 0 Å². The van der Waals surface area contributed by atoms with Crippen molar-refractivity contribution < 1.29 is 0 Å². The number of nitrogens with zero attached hydrogens (tertiary/aromatic N) is 4. The van der Waals surface area contributed by atoms with Crippen molar-refractivity contribution in [2.24, 2.45) is 0 Å². The van der Waals surface area contributed by atoms with Crippen molar-refractivity contribution >= 4 is 16.6 Å². The molecule has 5 nitrogen and oxygen atoms in total. The third kappa shape index (κ3) is 4.49. The minimum atomic E-state index is 0.842. The van der Waals surface area contributed by atoms with E-state index in [9.17, 15) is 0 Å². The van der Waals surface area contributed by atoms with Crippen molar-refractivity contribution in [2.75, 3.05) is 51.6 Å². The molecular weight excluding hydrogens is 394 g/mol. The van der Waals surface area contributed by atoms with Crippen LogP contribution in [0.5, 0.6) is 0 Å². The number of hydrogen-bond donors (Lipinski definition) is 1. The Labute approximate surface area is 189 Å². The van der Waals surface area contributed by atoms with Gasteiger partial charge in [0.25, 0.3) is 0 Å². The molecule has 0 unspecified atom stereocenters. The lowest BCUT2D eigenvalue weighted by molar-refractivity contribution is 0.158. The average molecular weight is 424 g/mol. The molecule has 0 amide bonds. The molecule has 0 atom stereocenters. The number of hydrogen-bond acceptors (Lipinski definition) is 5. The van der Waals surface area contributed by atoms with E-state index in [1.165, 1.54) is 10.8 Å². The van der Waals surface area contributed by atoms with Crippen molar-refractivity contribution in [3.05, 3.63) is 78.9 Å². The maximum Gasteiger partial charge on any atom is 0.156 e. The highest BCUT2D eigenvalue weighted by Gasteiger charge is 2.15. The number of fused-ring (bicyclic) bond motifs is 1. The Hall–Kier alpha value is -3.28. The van der Waals surface area contributed by atoms with Crippen LogP contribution in [0.25, 0.3) is 33.2 Å². The Balaban J connectivity index is 1.44. The highest BCUT2D eigenvalue weighted by molar-refractivity contribution is 5.96. The molecule has 5 rings (SSSR count). The molecule has 0 radical (unpaired) electrons. The topological polar surface area (TPSA) is 44.3 Å². The van der Waals surface area contributed by atoms with Gasteiger partial charge in [-0.3, -0.25) is 4.90 Å². The van der Waals surface area contributed by atoms with Crippen molar-refractivity contribution in [1.82, 2.24) is 20.0 Å². The van der Waals surface area contributed by atoms with Crippen LogP contribution in [0.4, 0.5) is 5.82 Å². The quantitative estimate of drug-likeness (QED) is 0.490. The molecule has 162 valence electrons. The number of benzene rings is 3. The highest BCUT2D eigenvalue weighted by Crippen LogP contribution is 2.32. The van der Waals surface area contributed by atoms with Gasteiger partial charge < -0.3 is 10.2 Å². The Morgan fingerprint density at radius 3 is 2.38 bits per heavy atom. The summed E-state index contributed by atoms with van der Waals surface area (Å²) in [7, 11) is 2.19. The minimum absolute atomic E-state index is 0.842. The summed E-state index contributed by atoms with van der Waals surface area (Å²) in [6, 6.07) is 27.4. The molecule has 4 aromatic rings. The summed E-state index contributed by atoms with van der Waals surface area (Å²) >= 11 is 0. The first kappa shape index (κ1) is 20.6. The zero-order chi connectivity index (χ0) is 21.8. The third-order valence-electron chi connectivity index (χ3n) is 6.26. The molecule has 5 heteroatoms. The molecule has 3 aromatic carbocycles. The van der Waals surface area contributed by atoms with E-state index in [0.717, 1.165) is 67.5 Å². The molecule has 1 fully saturated rings. The Bertz CT molecular complexity index is 1180. The van der Waals surface area contributed by atoms with Gasteiger partial charge in [-0.1, -0.05) is 72.8 Å². The summed E-state index contributed by atoms with van der Waals surface area (Å²) < 4.78 is 0. The SMILES string of the molecule is CN1CCN(CCNc2nnc(-c3cccc4ccccc34)cc2-c2ccccc2)CC1. The van der Waals surface area contributed by atoms with Crippen LogP contribution < -0.4 is 5.32 Å². The van der Waals surface area contributed by atoms with Gasteiger partial charge in [0.15, 0.2) is 5.82 Å². The van der Waals surface area contributed by atoms with E-state index >= 15 is 0 Å². The van der Waals surface area contributed by atoms with E-state index in [1.807, 2.05) is 6.07 Å². The number of anilines is 1. The predicted octanol–water partition coefficient (Wildman–Crippen LogP) is 4.62. The van der Waals surface area contributed by atoms with E-state index < -0.39 is 0 Å².